The number of carbonyl (C=O) groups excluding carboxylic acids is 3. The Labute approximate surface area is 257 Å². The third-order valence-electron chi connectivity index (χ3n) is 9.41. The van der Waals surface area contributed by atoms with Crippen molar-refractivity contribution in [2.24, 2.45) is 5.92 Å². The number of para-hydroxylation sites is 1. The highest BCUT2D eigenvalue weighted by Gasteiger charge is 2.49. The van der Waals surface area contributed by atoms with Gasteiger partial charge in [-0.15, -0.1) is 0 Å². The summed E-state index contributed by atoms with van der Waals surface area (Å²) in [5.41, 5.74) is 1.58. The van der Waals surface area contributed by atoms with Crippen molar-refractivity contribution in [3.63, 3.8) is 0 Å². The highest BCUT2D eigenvalue weighted by atomic mass is 16.6. The van der Waals surface area contributed by atoms with Gasteiger partial charge in [0.05, 0.1) is 36.0 Å². The Hall–Kier alpha value is -5.20. The average molecular weight is 614 g/mol. The summed E-state index contributed by atoms with van der Waals surface area (Å²) < 4.78 is 12.5. The highest BCUT2D eigenvalue weighted by molar-refractivity contribution is 6.18. The van der Waals surface area contributed by atoms with Gasteiger partial charge in [-0.1, -0.05) is 18.2 Å². The zero-order valence-corrected chi connectivity index (χ0v) is 24.8. The molecule has 45 heavy (non-hydrogen) atoms. The molecular formula is C32H31N5O8. The second-order valence-corrected chi connectivity index (χ2v) is 11.8. The Kier molecular flexibility index (Phi) is 6.83. The first-order chi connectivity index (χ1) is 21.7. The second kappa shape index (κ2) is 10.8. The monoisotopic (exact) mass is 613 g/mol. The van der Waals surface area contributed by atoms with E-state index < -0.39 is 22.3 Å². The molecule has 13 heteroatoms. The molecule has 3 amide bonds. The van der Waals surface area contributed by atoms with Crippen LogP contribution in [-0.4, -0.2) is 70.9 Å². The van der Waals surface area contributed by atoms with Crippen LogP contribution in [0.3, 0.4) is 0 Å². The van der Waals surface area contributed by atoms with Crippen LogP contribution in [0.15, 0.2) is 53.3 Å². The summed E-state index contributed by atoms with van der Waals surface area (Å²) in [5, 5.41) is 11.3. The average Bonchev–Trinajstić information content (AvgIpc) is 3.34. The molecule has 3 aromatic rings. The summed E-state index contributed by atoms with van der Waals surface area (Å²) in [6.45, 7) is 1.45. The number of fused-ring (bicyclic) bond motifs is 9. The van der Waals surface area contributed by atoms with Gasteiger partial charge in [-0.05, 0) is 43.0 Å². The van der Waals surface area contributed by atoms with Gasteiger partial charge >= 0.3 is 11.2 Å². The van der Waals surface area contributed by atoms with E-state index >= 15 is 0 Å². The van der Waals surface area contributed by atoms with E-state index in [0.29, 0.717) is 65.6 Å². The van der Waals surface area contributed by atoms with E-state index in [1.54, 1.807) is 57.2 Å². The minimum atomic E-state index is -0.696. The van der Waals surface area contributed by atoms with Crippen molar-refractivity contribution in [1.82, 2.24) is 14.4 Å². The number of carbonyl (C=O) groups is 3. The summed E-state index contributed by atoms with van der Waals surface area (Å²) in [7, 11) is 2.97. The van der Waals surface area contributed by atoms with Crippen LogP contribution < -0.4 is 19.9 Å². The van der Waals surface area contributed by atoms with E-state index in [1.807, 2.05) is 0 Å². The summed E-state index contributed by atoms with van der Waals surface area (Å²) in [4.78, 5) is 69.6. The lowest BCUT2D eigenvalue weighted by Crippen LogP contribution is -2.50. The number of benzene rings is 2. The fraction of sp³-hybridized carbons (Fsp3) is 0.375. The lowest BCUT2D eigenvalue weighted by Gasteiger charge is -2.43. The van der Waals surface area contributed by atoms with Gasteiger partial charge in [0.1, 0.15) is 6.17 Å². The number of rotatable bonds is 7. The molecule has 0 saturated carbocycles. The molecule has 1 fully saturated rings. The van der Waals surface area contributed by atoms with Gasteiger partial charge in [-0.25, -0.2) is 0 Å². The van der Waals surface area contributed by atoms with Crippen molar-refractivity contribution in [3.05, 3.63) is 91.4 Å². The van der Waals surface area contributed by atoms with E-state index in [2.05, 4.69) is 0 Å². The number of nitrogens with zero attached hydrogens (tertiary/aromatic N) is 5. The third-order valence-corrected chi connectivity index (χ3v) is 9.41. The molecule has 4 aliphatic heterocycles. The van der Waals surface area contributed by atoms with Gasteiger partial charge in [0.2, 0.25) is 5.91 Å². The van der Waals surface area contributed by atoms with Gasteiger partial charge in [-0.3, -0.25) is 34.2 Å². The molecule has 13 nitrogen and oxygen atoms in total. The van der Waals surface area contributed by atoms with E-state index in [1.165, 1.54) is 24.9 Å². The Morgan fingerprint density at radius 3 is 2.53 bits per heavy atom. The minimum absolute atomic E-state index is 0.0154. The van der Waals surface area contributed by atoms with Crippen molar-refractivity contribution in [2.45, 2.75) is 37.9 Å². The zero-order valence-electron chi connectivity index (χ0n) is 24.8. The maximum atomic E-state index is 13.9. The molecule has 0 N–H and O–H groups in total. The number of piperidine rings is 1. The minimum Gasteiger partial charge on any atom is -0.493 e. The summed E-state index contributed by atoms with van der Waals surface area (Å²) >= 11 is 0. The molecule has 2 aromatic carbocycles. The molecule has 3 atom stereocenters. The predicted molar refractivity (Wildman–Crippen MR) is 161 cm³/mol. The van der Waals surface area contributed by atoms with Crippen LogP contribution in [0.25, 0.3) is 0 Å². The van der Waals surface area contributed by atoms with E-state index in [9.17, 15) is 29.3 Å². The van der Waals surface area contributed by atoms with Crippen molar-refractivity contribution >= 4 is 29.1 Å². The molecule has 0 unspecified atom stereocenters. The molecule has 0 spiro atoms. The smallest absolute Gasteiger partial charge is 0.334 e. The maximum Gasteiger partial charge on any atom is 0.334 e. The number of nitro groups is 1. The van der Waals surface area contributed by atoms with Crippen LogP contribution in [0.1, 0.15) is 63.3 Å². The van der Waals surface area contributed by atoms with Crippen molar-refractivity contribution < 1.29 is 28.8 Å². The molecule has 2 bridgehead atoms. The van der Waals surface area contributed by atoms with Gasteiger partial charge < -0.3 is 23.8 Å². The number of pyridine rings is 1. The Morgan fingerprint density at radius 2 is 1.78 bits per heavy atom. The standard InChI is InChI=1S/C32H31N5O8/c1-44-25-12-9-21-27(28(25)45-2)32(41)36-23-7-4-3-6-20(23)30(39)34(29(21)36)13-5-8-26(38)33-15-18-14-19(17-33)22-10-11-24(37(42)43)31(40)35(22)16-18/h3-4,6-7,9-12,18-19,29H,5,8,13-17H2,1-2H3/t18-,19+,29-/m1/s1. The molecular weight excluding hydrogens is 582 g/mol. The van der Waals surface area contributed by atoms with Crippen LogP contribution in [-0.2, 0) is 11.3 Å². The van der Waals surface area contributed by atoms with Gasteiger partial charge in [-0.2, -0.15) is 0 Å². The predicted octanol–water partition coefficient (Wildman–Crippen LogP) is 3.31. The molecule has 4 aliphatic rings. The number of methoxy groups -OCH3 is 2. The molecule has 0 radical (unpaired) electrons. The lowest BCUT2D eigenvalue weighted by atomic mass is 9.83. The number of anilines is 1. The Morgan fingerprint density at radius 1 is 0.978 bits per heavy atom. The zero-order chi connectivity index (χ0) is 31.6. The van der Waals surface area contributed by atoms with Crippen LogP contribution in [0, 0.1) is 16.0 Å². The summed E-state index contributed by atoms with van der Waals surface area (Å²) in [6, 6.07) is 13.4. The number of amides is 3. The van der Waals surface area contributed by atoms with Crippen LogP contribution in [0.4, 0.5) is 11.4 Å². The number of hydrogen-bond acceptors (Lipinski definition) is 8. The Balaban J connectivity index is 1.11. The quantitative estimate of drug-likeness (QED) is 0.292. The van der Waals surface area contributed by atoms with Crippen LogP contribution in [0.5, 0.6) is 11.5 Å². The third kappa shape index (κ3) is 4.36. The van der Waals surface area contributed by atoms with Gasteiger partial charge in [0.15, 0.2) is 11.5 Å². The van der Waals surface area contributed by atoms with E-state index in [0.717, 1.165) is 6.42 Å². The first kappa shape index (κ1) is 28.6. The fourth-order valence-corrected chi connectivity index (χ4v) is 7.49. The van der Waals surface area contributed by atoms with Crippen molar-refractivity contribution in [2.75, 3.05) is 38.8 Å². The first-order valence-electron chi connectivity index (χ1n) is 14.9. The van der Waals surface area contributed by atoms with Crippen LogP contribution in [0.2, 0.25) is 0 Å². The topological polar surface area (TPSA) is 145 Å². The van der Waals surface area contributed by atoms with E-state index in [-0.39, 0.29) is 42.5 Å². The maximum absolute atomic E-state index is 13.9. The van der Waals surface area contributed by atoms with Crippen molar-refractivity contribution in [3.8, 4) is 11.5 Å². The number of aromatic nitrogens is 1. The fourth-order valence-electron chi connectivity index (χ4n) is 7.49. The summed E-state index contributed by atoms with van der Waals surface area (Å²) in [5.74, 6) is 0.0770. The molecule has 1 saturated heterocycles. The number of likely N-dealkylation sites (tertiary alicyclic amines) is 1. The highest BCUT2D eigenvalue weighted by Crippen LogP contribution is 2.49. The van der Waals surface area contributed by atoms with E-state index in [4.69, 9.17) is 9.47 Å². The number of ether oxygens (including phenoxy) is 2. The number of hydrogen-bond donors (Lipinski definition) is 0. The summed E-state index contributed by atoms with van der Waals surface area (Å²) in [6.07, 6.45) is 0.680. The molecule has 0 aliphatic carbocycles. The normalized spacial score (nSPS) is 21.1. The SMILES string of the molecule is COc1ccc2c(c1OC)C(=O)N1c3ccccc3C(=O)N(CCCC(=O)N3C[C@H]4C[C@@H](C3)c3ccc([N+](=O)[O-])c(=O)n3C4)[C@@H]21. The first-order valence-corrected chi connectivity index (χ1v) is 14.9. The Bertz CT molecular complexity index is 1840. The van der Waals surface area contributed by atoms with Crippen LogP contribution >= 0.6 is 0 Å². The molecule has 232 valence electrons. The molecule has 7 rings (SSSR count). The lowest BCUT2D eigenvalue weighted by molar-refractivity contribution is -0.386. The van der Waals surface area contributed by atoms with Crippen molar-refractivity contribution in [1.29, 1.82) is 0 Å². The largest absolute Gasteiger partial charge is 0.493 e. The second-order valence-electron chi connectivity index (χ2n) is 11.8. The van der Waals surface area contributed by atoms with Gasteiger partial charge in [0, 0.05) is 55.8 Å². The molecule has 5 heterocycles. The molecule has 1 aromatic heterocycles. The van der Waals surface area contributed by atoms with Gasteiger partial charge in [0.25, 0.3) is 11.8 Å².